The van der Waals surface area contributed by atoms with Gasteiger partial charge in [0.15, 0.2) is 0 Å². The number of hydrogen-bond donors (Lipinski definition) is 0. The SMILES string of the molecule is CC1(C)OB(c2csc(C3CCOCC3)n2)OC1(C)C. The minimum atomic E-state index is -0.343. The second kappa shape index (κ2) is 5.09. The van der Waals surface area contributed by atoms with Crippen molar-refractivity contribution in [2.45, 2.75) is 57.7 Å². The average Bonchev–Trinajstić information content (AvgIpc) is 2.94. The van der Waals surface area contributed by atoms with Gasteiger partial charge in [-0.3, -0.25) is 0 Å². The zero-order chi connectivity index (χ0) is 14.4. The normalized spacial score (nSPS) is 26.1. The molecule has 2 aliphatic rings. The largest absolute Gasteiger partial charge is 0.515 e. The van der Waals surface area contributed by atoms with E-state index in [4.69, 9.17) is 19.0 Å². The molecular formula is C14H22BNO3S. The first-order chi connectivity index (χ1) is 9.39. The Bertz CT molecular complexity index is 467. The minimum Gasteiger partial charge on any atom is -0.398 e. The van der Waals surface area contributed by atoms with Crippen molar-refractivity contribution >= 4 is 24.0 Å². The van der Waals surface area contributed by atoms with Crippen LogP contribution in [0, 0.1) is 0 Å². The molecule has 3 heterocycles. The molecule has 0 saturated carbocycles. The van der Waals surface area contributed by atoms with Crippen molar-refractivity contribution in [1.82, 2.24) is 4.98 Å². The number of aromatic nitrogens is 1. The molecule has 0 aliphatic carbocycles. The molecule has 0 bridgehead atoms. The van der Waals surface area contributed by atoms with Crippen molar-refractivity contribution in [2.24, 2.45) is 0 Å². The van der Waals surface area contributed by atoms with E-state index in [1.54, 1.807) is 11.3 Å². The molecule has 2 saturated heterocycles. The highest BCUT2D eigenvalue weighted by atomic mass is 32.1. The lowest BCUT2D eigenvalue weighted by Crippen LogP contribution is -2.41. The van der Waals surface area contributed by atoms with Gasteiger partial charge >= 0.3 is 7.12 Å². The van der Waals surface area contributed by atoms with Gasteiger partial charge in [0.2, 0.25) is 0 Å². The summed E-state index contributed by atoms with van der Waals surface area (Å²) in [6.45, 7) is 9.96. The molecule has 0 amide bonds. The zero-order valence-electron chi connectivity index (χ0n) is 12.6. The van der Waals surface area contributed by atoms with Crippen molar-refractivity contribution in [3.63, 3.8) is 0 Å². The second-order valence-corrected chi connectivity index (χ2v) is 7.48. The molecule has 0 unspecified atom stereocenters. The third kappa shape index (κ3) is 2.54. The molecule has 0 atom stereocenters. The molecule has 0 aromatic carbocycles. The van der Waals surface area contributed by atoms with E-state index >= 15 is 0 Å². The number of nitrogens with zero attached hydrogens (tertiary/aromatic N) is 1. The standard InChI is InChI=1S/C14H22BNO3S/c1-13(2)14(3,4)19-15(18-13)11-9-20-12(16-11)10-5-7-17-8-6-10/h9-10H,5-8H2,1-4H3. The minimum absolute atomic E-state index is 0.305. The monoisotopic (exact) mass is 295 g/mol. The fourth-order valence-electron chi connectivity index (χ4n) is 2.50. The van der Waals surface area contributed by atoms with E-state index in [0.29, 0.717) is 5.92 Å². The Balaban J connectivity index is 1.74. The lowest BCUT2D eigenvalue weighted by molar-refractivity contribution is 0.00578. The van der Waals surface area contributed by atoms with E-state index in [1.165, 1.54) is 5.01 Å². The smallest absolute Gasteiger partial charge is 0.398 e. The average molecular weight is 295 g/mol. The maximum absolute atomic E-state index is 6.05. The molecule has 6 heteroatoms. The predicted molar refractivity (Wildman–Crippen MR) is 80.6 cm³/mol. The Morgan fingerprint density at radius 1 is 1.15 bits per heavy atom. The van der Waals surface area contributed by atoms with Crippen LogP contribution in [0.4, 0.5) is 0 Å². The Labute approximate surface area is 125 Å². The van der Waals surface area contributed by atoms with Crippen molar-refractivity contribution in [3.8, 4) is 0 Å². The Hall–Kier alpha value is -0.425. The second-order valence-electron chi connectivity index (χ2n) is 6.59. The molecule has 4 nitrogen and oxygen atoms in total. The topological polar surface area (TPSA) is 40.6 Å². The number of rotatable bonds is 2. The van der Waals surface area contributed by atoms with E-state index < -0.39 is 0 Å². The first-order valence-corrected chi connectivity index (χ1v) is 8.16. The summed E-state index contributed by atoms with van der Waals surface area (Å²) in [5.41, 5.74) is 0.301. The van der Waals surface area contributed by atoms with Crippen LogP contribution in [0.25, 0.3) is 0 Å². The molecule has 1 aromatic rings. The Morgan fingerprint density at radius 3 is 2.35 bits per heavy atom. The molecule has 110 valence electrons. The molecule has 0 radical (unpaired) electrons. The Kier molecular flexibility index (Phi) is 3.69. The lowest BCUT2D eigenvalue weighted by Gasteiger charge is -2.32. The van der Waals surface area contributed by atoms with Crippen molar-refractivity contribution in [2.75, 3.05) is 13.2 Å². The lowest BCUT2D eigenvalue weighted by atomic mass is 9.86. The molecule has 0 spiro atoms. The van der Waals surface area contributed by atoms with Gasteiger partial charge in [0.05, 0.1) is 21.8 Å². The van der Waals surface area contributed by atoms with Gasteiger partial charge in [-0.25, -0.2) is 4.98 Å². The number of ether oxygens (including phenoxy) is 1. The summed E-state index contributed by atoms with van der Waals surface area (Å²) in [4.78, 5) is 4.76. The van der Waals surface area contributed by atoms with Crippen LogP contribution < -0.4 is 5.59 Å². The summed E-state index contributed by atoms with van der Waals surface area (Å²) < 4.78 is 17.5. The van der Waals surface area contributed by atoms with Gasteiger partial charge < -0.3 is 14.0 Å². The predicted octanol–water partition coefficient (Wildman–Crippen LogP) is 2.34. The maximum atomic E-state index is 6.05. The maximum Gasteiger partial charge on any atom is 0.515 e. The van der Waals surface area contributed by atoms with Crippen LogP contribution in [0.2, 0.25) is 0 Å². The van der Waals surface area contributed by atoms with E-state index in [0.717, 1.165) is 31.6 Å². The summed E-state index contributed by atoms with van der Waals surface area (Å²) >= 11 is 1.72. The fourth-order valence-corrected chi connectivity index (χ4v) is 3.50. The summed E-state index contributed by atoms with van der Waals surface area (Å²) in [6.07, 6.45) is 2.13. The fraction of sp³-hybridized carbons (Fsp3) is 0.786. The molecule has 20 heavy (non-hydrogen) atoms. The molecule has 1 aromatic heterocycles. The van der Waals surface area contributed by atoms with Gasteiger partial charge in [-0.15, -0.1) is 11.3 Å². The molecule has 2 aliphatic heterocycles. The highest BCUT2D eigenvalue weighted by molar-refractivity contribution is 7.10. The summed E-state index contributed by atoms with van der Waals surface area (Å²) in [6, 6.07) is 0. The molecule has 3 rings (SSSR count). The van der Waals surface area contributed by atoms with Gasteiger partial charge in [-0.05, 0) is 40.5 Å². The summed E-state index contributed by atoms with van der Waals surface area (Å²) in [5.74, 6) is 0.532. The van der Waals surface area contributed by atoms with Crippen LogP contribution in [0.5, 0.6) is 0 Å². The zero-order valence-corrected chi connectivity index (χ0v) is 13.5. The van der Waals surface area contributed by atoms with E-state index in [1.807, 2.05) is 0 Å². The molecular weight excluding hydrogens is 273 g/mol. The van der Waals surface area contributed by atoms with Gasteiger partial charge in [-0.2, -0.15) is 0 Å². The van der Waals surface area contributed by atoms with Gasteiger partial charge in [-0.1, -0.05) is 0 Å². The quantitative estimate of drug-likeness (QED) is 0.785. The number of hydrogen-bond acceptors (Lipinski definition) is 5. The summed E-state index contributed by atoms with van der Waals surface area (Å²) in [7, 11) is -0.343. The first-order valence-electron chi connectivity index (χ1n) is 7.28. The van der Waals surface area contributed by atoms with Crippen LogP contribution in [-0.2, 0) is 14.0 Å². The van der Waals surface area contributed by atoms with Crippen LogP contribution >= 0.6 is 11.3 Å². The highest BCUT2D eigenvalue weighted by Crippen LogP contribution is 2.37. The Morgan fingerprint density at radius 2 is 1.75 bits per heavy atom. The third-order valence-corrected chi connectivity index (χ3v) is 5.63. The molecule has 2 fully saturated rings. The first kappa shape index (κ1) is 14.5. The van der Waals surface area contributed by atoms with E-state index in [9.17, 15) is 0 Å². The van der Waals surface area contributed by atoms with E-state index in [-0.39, 0.29) is 18.3 Å². The van der Waals surface area contributed by atoms with Crippen molar-refractivity contribution in [3.05, 3.63) is 10.4 Å². The van der Waals surface area contributed by atoms with Crippen LogP contribution in [0.15, 0.2) is 5.38 Å². The number of thiazole rings is 1. The van der Waals surface area contributed by atoms with Crippen LogP contribution in [-0.4, -0.2) is 36.5 Å². The van der Waals surface area contributed by atoms with Gasteiger partial charge in [0.1, 0.15) is 0 Å². The van der Waals surface area contributed by atoms with Crippen molar-refractivity contribution in [1.29, 1.82) is 0 Å². The molecule has 0 N–H and O–H groups in total. The third-order valence-electron chi connectivity index (χ3n) is 4.60. The van der Waals surface area contributed by atoms with Crippen LogP contribution in [0.1, 0.15) is 51.5 Å². The summed E-state index contributed by atoms with van der Waals surface area (Å²) in [5, 5.41) is 3.27. The van der Waals surface area contributed by atoms with Gasteiger partial charge in [0.25, 0.3) is 0 Å². The van der Waals surface area contributed by atoms with Gasteiger partial charge in [0, 0.05) is 24.5 Å². The van der Waals surface area contributed by atoms with E-state index in [2.05, 4.69) is 33.1 Å². The van der Waals surface area contributed by atoms with Crippen molar-refractivity contribution < 1.29 is 14.0 Å². The highest BCUT2D eigenvalue weighted by Gasteiger charge is 2.52. The van der Waals surface area contributed by atoms with Crippen LogP contribution in [0.3, 0.4) is 0 Å².